The lowest BCUT2D eigenvalue weighted by Gasteiger charge is -2.05. The van der Waals surface area contributed by atoms with Gasteiger partial charge in [-0.2, -0.15) is 5.10 Å². The van der Waals surface area contributed by atoms with Gasteiger partial charge in [0.2, 0.25) is 0 Å². The third-order valence-electron chi connectivity index (χ3n) is 4.16. The van der Waals surface area contributed by atoms with Gasteiger partial charge in [-0.25, -0.2) is 18.3 Å². The smallest absolute Gasteiger partial charge is 0.235 e. The maximum Gasteiger partial charge on any atom is 0.263 e. The second-order valence-corrected chi connectivity index (χ2v) is 5.92. The molecule has 0 bridgehead atoms. The molecule has 3 aromatic rings. The highest BCUT2D eigenvalue weighted by Gasteiger charge is 2.41. The van der Waals surface area contributed by atoms with Crippen LogP contribution in [-0.4, -0.2) is 14.6 Å². The van der Waals surface area contributed by atoms with Crippen molar-refractivity contribution in [3.63, 3.8) is 0 Å². The first-order chi connectivity index (χ1) is 10.6. The van der Waals surface area contributed by atoms with Gasteiger partial charge in [-0.15, -0.1) is 0 Å². The SMILES string of the molecule is FC(F)c1ccc([C@H]2C[C@@H]2c2cc(Cl)nn3ccnc23)cc1. The summed E-state index contributed by atoms with van der Waals surface area (Å²) in [4.78, 5) is 4.33. The molecule has 2 aromatic heterocycles. The van der Waals surface area contributed by atoms with Crippen molar-refractivity contribution < 1.29 is 8.78 Å². The van der Waals surface area contributed by atoms with Crippen LogP contribution in [0.15, 0.2) is 42.7 Å². The van der Waals surface area contributed by atoms with Crippen LogP contribution in [-0.2, 0) is 0 Å². The molecule has 1 aromatic carbocycles. The summed E-state index contributed by atoms with van der Waals surface area (Å²) in [5, 5.41) is 4.60. The molecule has 6 heteroatoms. The van der Waals surface area contributed by atoms with Crippen molar-refractivity contribution in [2.75, 3.05) is 0 Å². The highest BCUT2D eigenvalue weighted by atomic mass is 35.5. The van der Waals surface area contributed by atoms with Crippen molar-refractivity contribution in [3.8, 4) is 0 Å². The van der Waals surface area contributed by atoms with E-state index in [2.05, 4.69) is 10.1 Å². The van der Waals surface area contributed by atoms with Crippen LogP contribution in [0, 0.1) is 0 Å². The average molecular weight is 320 g/mol. The molecule has 2 atom stereocenters. The van der Waals surface area contributed by atoms with Gasteiger partial charge in [0.1, 0.15) is 5.15 Å². The summed E-state index contributed by atoms with van der Waals surface area (Å²) in [5.74, 6) is 0.633. The average Bonchev–Trinajstić information content (AvgIpc) is 3.17. The fourth-order valence-corrected chi connectivity index (χ4v) is 3.18. The lowest BCUT2D eigenvalue weighted by molar-refractivity contribution is 0.151. The van der Waals surface area contributed by atoms with Gasteiger partial charge in [-0.1, -0.05) is 35.9 Å². The Morgan fingerprint density at radius 2 is 1.95 bits per heavy atom. The molecule has 1 aliphatic rings. The zero-order valence-corrected chi connectivity index (χ0v) is 12.2. The second kappa shape index (κ2) is 5.02. The van der Waals surface area contributed by atoms with E-state index in [1.807, 2.05) is 6.07 Å². The maximum absolute atomic E-state index is 12.6. The molecule has 0 unspecified atom stereocenters. The number of nitrogens with zero attached hydrogens (tertiary/aromatic N) is 3. The number of fused-ring (bicyclic) bond motifs is 1. The fraction of sp³-hybridized carbons (Fsp3) is 0.250. The quantitative estimate of drug-likeness (QED) is 0.706. The molecule has 4 rings (SSSR count). The Morgan fingerprint density at radius 3 is 2.68 bits per heavy atom. The predicted molar refractivity (Wildman–Crippen MR) is 79.5 cm³/mol. The van der Waals surface area contributed by atoms with E-state index in [0.29, 0.717) is 17.0 Å². The Balaban J connectivity index is 1.64. The first-order valence-electron chi connectivity index (χ1n) is 7.01. The fourth-order valence-electron chi connectivity index (χ4n) is 2.98. The molecule has 3 nitrogen and oxygen atoms in total. The third-order valence-corrected chi connectivity index (χ3v) is 4.35. The number of alkyl halides is 2. The van der Waals surface area contributed by atoms with Crippen LogP contribution in [0.1, 0.15) is 41.4 Å². The summed E-state index contributed by atoms with van der Waals surface area (Å²) >= 11 is 6.06. The Morgan fingerprint density at radius 1 is 1.18 bits per heavy atom. The summed E-state index contributed by atoms with van der Waals surface area (Å²) in [7, 11) is 0. The lowest BCUT2D eigenvalue weighted by atomic mass is 10.0. The first-order valence-corrected chi connectivity index (χ1v) is 7.39. The van der Waals surface area contributed by atoms with Crippen LogP contribution in [0.4, 0.5) is 8.78 Å². The van der Waals surface area contributed by atoms with Crippen molar-refractivity contribution >= 4 is 17.2 Å². The third kappa shape index (κ3) is 2.25. The lowest BCUT2D eigenvalue weighted by Crippen LogP contribution is -1.96. The molecule has 0 radical (unpaired) electrons. The van der Waals surface area contributed by atoms with Crippen LogP contribution < -0.4 is 0 Å². The Kier molecular flexibility index (Phi) is 3.11. The van der Waals surface area contributed by atoms with E-state index in [0.717, 1.165) is 23.2 Å². The van der Waals surface area contributed by atoms with Gasteiger partial charge in [0.05, 0.1) is 0 Å². The summed E-state index contributed by atoms with van der Waals surface area (Å²) in [6.07, 6.45) is 2.00. The van der Waals surface area contributed by atoms with Crippen LogP contribution in [0.2, 0.25) is 5.15 Å². The molecule has 112 valence electrons. The molecule has 0 spiro atoms. The minimum absolute atomic E-state index is 0.0588. The van der Waals surface area contributed by atoms with Crippen molar-refractivity contribution in [1.82, 2.24) is 14.6 Å². The number of halogens is 3. The van der Waals surface area contributed by atoms with Gasteiger partial charge in [0, 0.05) is 23.5 Å². The van der Waals surface area contributed by atoms with Crippen LogP contribution in [0.5, 0.6) is 0 Å². The highest BCUT2D eigenvalue weighted by molar-refractivity contribution is 6.29. The number of rotatable bonds is 3. The standard InChI is InChI=1S/C16H12ClF2N3/c17-14-8-13(16-20-5-6-22(16)21-14)12-7-11(12)9-1-3-10(4-2-9)15(18)19/h1-6,8,11-12,15H,7H2/t11-,12+/m1/s1. The Labute approximate surface area is 130 Å². The summed E-state index contributed by atoms with van der Waals surface area (Å²) < 4.78 is 26.9. The topological polar surface area (TPSA) is 30.2 Å². The van der Waals surface area contributed by atoms with Gasteiger partial charge < -0.3 is 0 Å². The number of benzene rings is 1. The van der Waals surface area contributed by atoms with Crippen molar-refractivity contribution in [2.45, 2.75) is 24.7 Å². The summed E-state index contributed by atoms with van der Waals surface area (Å²) in [6.45, 7) is 0. The normalized spacial score (nSPS) is 20.7. The van der Waals surface area contributed by atoms with E-state index in [4.69, 9.17) is 11.6 Å². The number of hydrogen-bond donors (Lipinski definition) is 0. The molecule has 0 N–H and O–H groups in total. The zero-order valence-electron chi connectivity index (χ0n) is 11.5. The van der Waals surface area contributed by atoms with Crippen LogP contribution in [0.25, 0.3) is 5.65 Å². The summed E-state index contributed by atoms with van der Waals surface area (Å²) in [6, 6.07) is 8.43. The van der Waals surface area contributed by atoms with Gasteiger partial charge in [-0.3, -0.25) is 0 Å². The largest absolute Gasteiger partial charge is 0.263 e. The van der Waals surface area contributed by atoms with Crippen LogP contribution >= 0.6 is 11.6 Å². The molecule has 1 aliphatic carbocycles. The molecule has 0 aliphatic heterocycles. The van der Waals surface area contributed by atoms with E-state index in [9.17, 15) is 8.78 Å². The molecule has 22 heavy (non-hydrogen) atoms. The van der Waals surface area contributed by atoms with E-state index in [1.165, 1.54) is 12.1 Å². The monoisotopic (exact) mass is 319 g/mol. The van der Waals surface area contributed by atoms with Crippen molar-refractivity contribution in [2.24, 2.45) is 0 Å². The van der Waals surface area contributed by atoms with Crippen molar-refractivity contribution in [3.05, 3.63) is 64.6 Å². The number of imidazole rings is 1. The van der Waals surface area contributed by atoms with Gasteiger partial charge in [0.15, 0.2) is 5.65 Å². The van der Waals surface area contributed by atoms with Gasteiger partial charge in [0.25, 0.3) is 6.43 Å². The number of aromatic nitrogens is 3. The maximum atomic E-state index is 12.6. The Bertz CT molecular complexity index is 829. The van der Waals surface area contributed by atoms with Crippen LogP contribution in [0.3, 0.4) is 0 Å². The molecule has 1 fully saturated rings. The molecular formula is C16H12ClF2N3. The van der Waals surface area contributed by atoms with E-state index >= 15 is 0 Å². The van der Waals surface area contributed by atoms with Gasteiger partial charge in [-0.05, 0) is 29.9 Å². The van der Waals surface area contributed by atoms with E-state index in [-0.39, 0.29) is 5.56 Å². The van der Waals surface area contributed by atoms with Crippen molar-refractivity contribution in [1.29, 1.82) is 0 Å². The minimum Gasteiger partial charge on any atom is -0.235 e. The highest BCUT2D eigenvalue weighted by Crippen LogP contribution is 2.55. The molecule has 0 amide bonds. The predicted octanol–water partition coefficient (Wildman–Crippen LogP) is 4.59. The van der Waals surface area contributed by atoms with E-state index in [1.54, 1.807) is 29.0 Å². The summed E-state index contributed by atoms with van der Waals surface area (Å²) in [5.41, 5.74) is 3.00. The molecular weight excluding hydrogens is 308 g/mol. The second-order valence-electron chi connectivity index (χ2n) is 5.53. The Hall–Kier alpha value is -2.01. The van der Waals surface area contributed by atoms with E-state index < -0.39 is 6.43 Å². The molecule has 2 heterocycles. The minimum atomic E-state index is -2.42. The molecule has 1 saturated carbocycles. The number of hydrogen-bond acceptors (Lipinski definition) is 2. The zero-order chi connectivity index (χ0) is 15.3. The first kappa shape index (κ1) is 13.6. The van der Waals surface area contributed by atoms with Gasteiger partial charge >= 0.3 is 0 Å². The molecule has 0 saturated heterocycles.